The Morgan fingerprint density at radius 3 is 2.50 bits per heavy atom. The van der Waals surface area contributed by atoms with Gasteiger partial charge in [-0.15, -0.1) is 0 Å². The van der Waals surface area contributed by atoms with Crippen LogP contribution in [0.15, 0.2) is 33.3 Å². The van der Waals surface area contributed by atoms with E-state index in [4.69, 9.17) is 4.52 Å². The summed E-state index contributed by atoms with van der Waals surface area (Å²) in [6.45, 7) is 3.96. The maximum atomic E-state index is 5.28. The number of aryl methyl sites for hydroxylation is 1. The van der Waals surface area contributed by atoms with Gasteiger partial charge in [-0.3, -0.25) is 0 Å². The summed E-state index contributed by atoms with van der Waals surface area (Å²) in [5.41, 5.74) is 3.08. The van der Waals surface area contributed by atoms with Gasteiger partial charge in [0, 0.05) is 15.6 Å². The van der Waals surface area contributed by atoms with E-state index in [9.17, 15) is 0 Å². The van der Waals surface area contributed by atoms with E-state index < -0.39 is 0 Å². The summed E-state index contributed by atoms with van der Waals surface area (Å²) in [4.78, 5) is 0. The SMILES string of the molecule is Cc1noc(-c2ccccc2Br)c1C. The van der Waals surface area contributed by atoms with Gasteiger partial charge in [0.15, 0.2) is 5.76 Å². The molecule has 0 spiro atoms. The van der Waals surface area contributed by atoms with Crippen molar-refractivity contribution in [1.82, 2.24) is 5.16 Å². The van der Waals surface area contributed by atoms with Gasteiger partial charge in [-0.25, -0.2) is 0 Å². The molecule has 0 N–H and O–H groups in total. The van der Waals surface area contributed by atoms with Crippen molar-refractivity contribution in [2.24, 2.45) is 0 Å². The van der Waals surface area contributed by atoms with Crippen LogP contribution in [0.2, 0.25) is 0 Å². The van der Waals surface area contributed by atoms with Crippen molar-refractivity contribution in [3.05, 3.63) is 40.0 Å². The lowest BCUT2D eigenvalue weighted by atomic mass is 10.1. The van der Waals surface area contributed by atoms with Crippen LogP contribution in [0.25, 0.3) is 11.3 Å². The summed E-state index contributed by atoms with van der Waals surface area (Å²) in [6.07, 6.45) is 0. The molecule has 0 amide bonds. The van der Waals surface area contributed by atoms with E-state index in [0.717, 1.165) is 27.1 Å². The number of halogens is 1. The summed E-state index contributed by atoms with van der Waals surface area (Å²) in [5.74, 6) is 0.843. The average Bonchev–Trinajstić information content (AvgIpc) is 2.49. The van der Waals surface area contributed by atoms with Crippen molar-refractivity contribution in [1.29, 1.82) is 0 Å². The monoisotopic (exact) mass is 251 g/mol. The normalized spacial score (nSPS) is 10.5. The van der Waals surface area contributed by atoms with E-state index in [-0.39, 0.29) is 0 Å². The number of hydrogen-bond donors (Lipinski definition) is 0. The lowest BCUT2D eigenvalue weighted by Gasteiger charge is -1.99. The van der Waals surface area contributed by atoms with E-state index in [1.807, 2.05) is 38.1 Å². The first-order chi connectivity index (χ1) is 6.70. The van der Waals surface area contributed by atoms with Gasteiger partial charge in [-0.1, -0.05) is 33.2 Å². The largest absolute Gasteiger partial charge is 0.356 e. The molecule has 0 aliphatic carbocycles. The van der Waals surface area contributed by atoms with Gasteiger partial charge in [0.1, 0.15) is 0 Å². The molecule has 0 aliphatic heterocycles. The van der Waals surface area contributed by atoms with Crippen LogP contribution in [0.3, 0.4) is 0 Å². The maximum absolute atomic E-state index is 5.28. The predicted octanol–water partition coefficient (Wildman–Crippen LogP) is 3.72. The molecule has 0 saturated carbocycles. The molecule has 0 saturated heterocycles. The Morgan fingerprint density at radius 1 is 1.21 bits per heavy atom. The van der Waals surface area contributed by atoms with Crippen LogP contribution in [-0.4, -0.2) is 5.16 Å². The Kier molecular flexibility index (Phi) is 2.42. The van der Waals surface area contributed by atoms with Crippen molar-refractivity contribution in [3.8, 4) is 11.3 Å². The smallest absolute Gasteiger partial charge is 0.171 e. The first kappa shape index (κ1) is 9.46. The highest BCUT2D eigenvalue weighted by Gasteiger charge is 2.12. The molecule has 0 aliphatic rings. The molecule has 0 radical (unpaired) electrons. The van der Waals surface area contributed by atoms with Crippen molar-refractivity contribution in [2.45, 2.75) is 13.8 Å². The van der Waals surface area contributed by atoms with Crippen molar-refractivity contribution in [2.75, 3.05) is 0 Å². The second-order valence-electron chi connectivity index (χ2n) is 3.20. The van der Waals surface area contributed by atoms with Crippen LogP contribution < -0.4 is 0 Å². The Labute approximate surface area is 91.1 Å². The number of hydrogen-bond acceptors (Lipinski definition) is 2. The van der Waals surface area contributed by atoms with E-state index in [0.29, 0.717) is 0 Å². The molecule has 2 rings (SSSR count). The average molecular weight is 252 g/mol. The first-order valence-corrected chi connectivity index (χ1v) is 5.17. The fraction of sp³-hybridized carbons (Fsp3) is 0.182. The molecule has 3 heteroatoms. The zero-order chi connectivity index (χ0) is 10.1. The van der Waals surface area contributed by atoms with E-state index in [1.165, 1.54) is 0 Å². The minimum atomic E-state index is 0.843. The first-order valence-electron chi connectivity index (χ1n) is 4.38. The fourth-order valence-electron chi connectivity index (χ4n) is 1.31. The molecule has 0 atom stereocenters. The number of rotatable bonds is 1. The minimum absolute atomic E-state index is 0.843. The van der Waals surface area contributed by atoms with Crippen LogP contribution in [0.1, 0.15) is 11.3 Å². The summed E-state index contributed by atoms with van der Waals surface area (Å²) in [7, 11) is 0. The highest BCUT2D eigenvalue weighted by molar-refractivity contribution is 9.10. The number of aromatic nitrogens is 1. The fourth-order valence-corrected chi connectivity index (χ4v) is 1.78. The summed E-state index contributed by atoms with van der Waals surface area (Å²) in [5, 5.41) is 3.94. The molecule has 1 heterocycles. The standard InChI is InChI=1S/C11H10BrNO/c1-7-8(2)13-14-11(7)9-5-3-4-6-10(9)12/h3-6H,1-2H3. The van der Waals surface area contributed by atoms with Gasteiger partial charge in [-0.05, 0) is 26.0 Å². The van der Waals surface area contributed by atoms with Crippen molar-refractivity contribution >= 4 is 15.9 Å². The molecule has 0 fully saturated rings. The quantitative estimate of drug-likeness (QED) is 0.773. The van der Waals surface area contributed by atoms with E-state index >= 15 is 0 Å². The third kappa shape index (κ3) is 1.48. The molecular formula is C11H10BrNO. The Hall–Kier alpha value is -1.09. The second-order valence-corrected chi connectivity index (χ2v) is 4.06. The van der Waals surface area contributed by atoms with Crippen LogP contribution in [-0.2, 0) is 0 Å². The topological polar surface area (TPSA) is 26.0 Å². The third-order valence-electron chi connectivity index (χ3n) is 2.28. The Balaban J connectivity index is 2.60. The molecule has 14 heavy (non-hydrogen) atoms. The Bertz CT molecular complexity index is 462. The van der Waals surface area contributed by atoms with Gasteiger partial charge in [-0.2, -0.15) is 0 Å². The summed E-state index contributed by atoms with van der Waals surface area (Å²) >= 11 is 3.49. The lowest BCUT2D eigenvalue weighted by molar-refractivity contribution is 0.426. The second kappa shape index (κ2) is 3.58. The molecular weight excluding hydrogens is 242 g/mol. The molecule has 2 aromatic rings. The molecule has 0 bridgehead atoms. The molecule has 2 nitrogen and oxygen atoms in total. The maximum Gasteiger partial charge on any atom is 0.171 e. The molecule has 1 aromatic heterocycles. The van der Waals surface area contributed by atoms with E-state index in [2.05, 4.69) is 21.1 Å². The van der Waals surface area contributed by atoms with Crippen molar-refractivity contribution < 1.29 is 4.52 Å². The third-order valence-corrected chi connectivity index (χ3v) is 2.97. The molecule has 1 aromatic carbocycles. The van der Waals surface area contributed by atoms with E-state index in [1.54, 1.807) is 0 Å². The lowest BCUT2D eigenvalue weighted by Crippen LogP contribution is -1.80. The van der Waals surface area contributed by atoms with Crippen molar-refractivity contribution in [3.63, 3.8) is 0 Å². The van der Waals surface area contributed by atoms with Crippen LogP contribution in [0, 0.1) is 13.8 Å². The highest BCUT2D eigenvalue weighted by Crippen LogP contribution is 2.31. The predicted molar refractivity (Wildman–Crippen MR) is 59.1 cm³/mol. The van der Waals surface area contributed by atoms with Gasteiger partial charge >= 0.3 is 0 Å². The number of benzene rings is 1. The summed E-state index contributed by atoms with van der Waals surface area (Å²) in [6, 6.07) is 7.97. The Morgan fingerprint density at radius 2 is 1.93 bits per heavy atom. The molecule has 0 unspecified atom stereocenters. The van der Waals surface area contributed by atoms with Gasteiger partial charge in [0.25, 0.3) is 0 Å². The zero-order valence-corrected chi connectivity index (χ0v) is 9.63. The zero-order valence-electron chi connectivity index (χ0n) is 8.04. The van der Waals surface area contributed by atoms with Crippen LogP contribution in [0.4, 0.5) is 0 Å². The van der Waals surface area contributed by atoms with Crippen LogP contribution >= 0.6 is 15.9 Å². The molecule has 72 valence electrons. The van der Waals surface area contributed by atoms with Crippen LogP contribution in [0.5, 0.6) is 0 Å². The summed E-state index contributed by atoms with van der Waals surface area (Å²) < 4.78 is 6.31. The minimum Gasteiger partial charge on any atom is -0.356 e. The highest BCUT2D eigenvalue weighted by atomic mass is 79.9. The van der Waals surface area contributed by atoms with Gasteiger partial charge in [0.05, 0.1) is 5.69 Å². The van der Waals surface area contributed by atoms with Gasteiger partial charge < -0.3 is 4.52 Å². The van der Waals surface area contributed by atoms with Gasteiger partial charge in [0.2, 0.25) is 0 Å². The number of nitrogens with zero attached hydrogens (tertiary/aromatic N) is 1.